The lowest BCUT2D eigenvalue weighted by molar-refractivity contribution is 0.0170. The fraction of sp³-hybridized carbons (Fsp3) is 0.389. The van der Waals surface area contributed by atoms with Crippen molar-refractivity contribution >= 4 is 17.0 Å². The van der Waals surface area contributed by atoms with E-state index in [-0.39, 0.29) is 30.5 Å². The maximum Gasteiger partial charge on any atom is 0.410 e. The monoisotopic (exact) mass is 599 g/mol. The van der Waals surface area contributed by atoms with E-state index in [0.717, 1.165) is 28.6 Å². The van der Waals surface area contributed by atoms with Crippen molar-refractivity contribution in [2.75, 3.05) is 26.3 Å². The molecule has 0 bridgehead atoms. The maximum atomic E-state index is 13.7. The van der Waals surface area contributed by atoms with Crippen LogP contribution in [0.4, 0.5) is 9.18 Å². The second kappa shape index (κ2) is 14.6. The summed E-state index contributed by atoms with van der Waals surface area (Å²) in [4.78, 5) is 19.3. The van der Waals surface area contributed by atoms with Gasteiger partial charge in [-0.2, -0.15) is 0 Å². The molecular weight excluding hydrogens is 557 g/mol. The van der Waals surface area contributed by atoms with Crippen LogP contribution < -0.4 is 10.1 Å². The highest BCUT2D eigenvalue weighted by Crippen LogP contribution is 2.31. The van der Waals surface area contributed by atoms with Gasteiger partial charge in [-0.1, -0.05) is 48.5 Å². The number of benzene rings is 3. The fourth-order valence-electron chi connectivity index (χ4n) is 5.48. The molecule has 0 aliphatic carbocycles. The van der Waals surface area contributed by atoms with Gasteiger partial charge in [0.05, 0.1) is 25.3 Å². The SMILES string of the molecule is CC(C)(C)OC(=O)N1CCC(c2ccc(OCCCOCc3ccccc3F)cc2)C(NCc2ccc3cccnc3c2)C1. The zero-order chi connectivity index (χ0) is 30.9. The topological polar surface area (TPSA) is 72.9 Å². The first-order valence-electron chi connectivity index (χ1n) is 15.3. The molecule has 2 heterocycles. The Morgan fingerprint density at radius 1 is 1.02 bits per heavy atom. The normalized spacial score (nSPS) is 17.0. The van der Waals surface area contributed by atoms with Gasteiger partial charge in [0, 0.05) is 55.2 Å². The van der Waals surface area contributed by atoms with Crippen LogP contribution in [0.15, 0.2) is 85.1 Å². The molecule has 2 unspecified atom stereocenters. The van der Waals surface area contributed by atoms with Gasteiger partial charge in [-0.25, -0.2) is 9.18 Å². The lowest BCUT2D eigenvalue weighted by Crippen LogP contribution is -2.52. The molecule has 1 aliphatic rings. The van der Waals surface area contributed by atoms with Crippen LogP contribution >= 0.6 is 0 Å². The number of carbonyl (C=O) groups excluding carboxylic acids is 1. The average molecular weight is 600 g/mol. The molecule has 0 radical (unpaired) electrons. The summed E-state index contributed by atoms with van der Waals surface area (Å²) in [6.45, 7) is 8.77. The number of carbonyl (C=O) groups is 1. The van der Waals surface area contributed by atoms with E-state index in [1.165, 1.54) is 11.6 Å². The highest BCUT2D eigenvalue weighted by Gasteiger charge is 2.34. The van der Waals surface area contributed by atoms with Crippen LogP contribution in [0.5, 0.6) is 5.75 Å². The molecule has 2 atom stereocenters. The number of ether oxygens (including phenoxy) is 3. The van der Waals surface area contributed by atoms with Gasteiger partial charge in [0.2, 0.25) is 0 Å². The first-order chi connectivity index (χ1) is 21.2. The van der Waals surface area contributed by atoms with Crippen LogP contribution in [0.3, 0.4) is 0 Å². The van der Waals surface area contributed by atoms with Crippen LogP contribution in [-0.4, -0.2) is 53.9 Å². The molecule has 7 nitrogen and oxygen atoms in total. The van der Waals surface area contributed by atoms with Crippen LogP contribution in [-0.2, 0) is 22.6 Å². The van der Waals surface area contributed by atoms with Gasteiger partial charge < -0.3 is 24.4 Å². The summed E-state index contributed by atoms with van der Waals surface area (Å²) in [6.07, 6.45) is 3.05. The highest BCUT2D eigenvalue weighted by molar-refractivity contribution is 5.78. The minimum Gasteiger partial charge on any atom is -0.494 e. The van der Waals surface area contributed by atoms with Crippen molar-refractivity contribution in [3.8, 4) is 5.75 Å². The van der Waals surface area contributed by atoms with Crippen molar-refractivity contribution in [2.45, 2.75) is 64.3 Å². The Hall–Kier alpha value is -4.01. The third kappa shape index (κ3) is 8.77. The Balaban J connectivity index is 1.18. The number of rotatable bonds is 11. The quantitative estimate of drug-likeness (QED) is 0.183. The molecular formula is C36H42FN3O4. The molecule has 5 rings (SSSR count). The van der Waals surface area contributed by atoms with Gasteiger partial charge in [-0.15, -0.1) is 0 Å². The number of halogens is 1. The molecule has 1 saturated heterocycles. The Kier molecular flexibility index (Phi) is 10.5. The smallest absolute Gasteiger partial charge is 0.410 e. The Bertz CT molecular complexity index is 1520. The van der Waals surface area contributed by atoms with Gasteiger partial charge in [-0.3, -0.25) is 4.98 Å². The van der Waals surface area contributed by atoms with E-state index in [4.69, 9.17) is 14.2 Å². The maximum absolute atomic E-state index is 13.7. The molecule has 0 saturated carbocycles. The number of hydrogen-bond donors (Lipinski definition) is 1. The Labute approximate surface area is 259 Å². The molecule has 4 aromatic rings. The van der Waals surface area contributed by atoms with Gasteiger partial charge in [0.15, 0.2) is 0 Å². The third-order valence-electron chi connectivity index (χ3n) is 7.73. The predicted molar refractivity (Wildman–Crippen MR) is 170 cm³/mol. The van der Waals surface area contributed by atoms with Crippen molar-refractivity contribution in [1.82, 2.24) is 15.2 Å². The van der Waals surface area contributed by atoms with E-state index in [1.807, 2.05) is 50.1 Å². The van der Waals surface area contributed by atoms with Crippen molar-refractivity contribution in [1.29, 1.82) is 0 Å². The van der Waals surface area contributed by atoms with E-state index >= 15 is 0 Å². The number of nitrogens with one attached hydrogen (secondary N) is 1. The highest BCUT2D eigenvalue weighted by atomic mass is 19.1. The number of piperidine rings is 1. The molecule has 232 valence electrons. The number of aromatic nitrogens is 1. The minimum absolute atomic E-state index is 0.0362. The first kappa shape index (κ1) is 31.4. The van der Waals surface area contributed by atoms with E-state index in [1.54, 1.807) is 18.2 Å². The molecule has 44 heavy (non-hydrogen) atoms. The lowest BCUT2D eigenvalue weighted by atomic mass is 9.85. The number of hydrogen-bond acceptors (Lipinski definition) is 6. The second-order valence-corrected chi connectivity index (χ2v) is 12.3. The molecule has 1 N–H and O–H groups in total. The van der Waals surface area contributed by atoms with Crippen LogP contribution in [0.2, 0.25) is 0 Å². The number of fused-ring (bicyclic) bond motifs is 1. The standard InChI is InChI=1S/C36H42FN3O4/c1-36(2,3)44-35(41)40-19-17-31(34(24-40)39-23-26-11-12-28-9-6-18-38-33(28)22-26)27-13-15-30(16-14-27)43-21-7-20-42-25-29-8-4-5-10-32(29)37/h4-6,8-16,18,22,31,34,39H,7,17,19-21,23-25H2,1-3H3. The van der Waals surface area contributed by atoms with Crippen LogP contribution in [0, 0.1) is 5.82 Å². The summed E-state index contributed by atoms with van der Waals surface area (Å²) >= 11 is 0. The van der Waals surface area contributed by atoms with E-state index in [0.29, 0.717) is 44.8 Å². The Morgan fingerprint density at radius 2 is 1.84 bits per heavy atom. The summed E-state index contributed by atoms with van der Waals surface area (Å²) in [7, 11) is 0. The summed E-state index contributed by atoms with van der Waals surface area (Å²) in [5.41, 5.74) is 3.33. The number of nitrogens with zero attached hydrogens (tertiary/aromatic N) is 2. The molecule has 1 aliphatic heterocycles. The van der Waals surface area contributed by atoms with E-state index in [9.17, 15) is 9.18 Å². The lowest BCUT2D eigenvalue weighted by Gasteiger charge is -2.40. The number of pyridine rings is 1. The second-order valence-electron chi connectivity index (χ2n) is 12.3. The molecule has 1 aromatic heterocycles. The molecule has 3 aromatic carbocycles. The van der Waals surface area contributed by atoms with E-state index in [2.05, 4.69) is 46.7 Å². The minimum atomic E-state index is -0.545. The number of likely N-dealkylation sites (tertiary alicyclic amines) is 1. The van der Waals surface area contributed by atoms with Gasteiger partial charge in [0.1, 0.15) is 17.2 Å². The summed E-state index contributed by atoms with van der Waals surface area (Å²) < 4.78 is 31.0. The zero-order valence-electron chi connectivity index (χ0n) is 25.8. The predicted octanol–water partition coefficient (Wildman–Crippen LogP) is 7.24. The summed E-state index contributed by atoms with van der Waals surface area (Å²) in [5.74, 6) is 0.762. The van der Waals surface area contributed by atoms with E-state index < -0.39 is 5.60 Å². The van der Waals surface area contributed by atoms with Gasteiger partial charge >= 0.3 is 6.09 Å². The van der Waals surface area contributed by atoms with Crippen molar-refractivity contribution in [2.24, 2.45) is 0 Å². The first-order valence-corrected chi connectivity index (χ1v) is 15.3. The van der Waals surface area contributed by atoms with Gasteiger partial charge in [-0.05, 0) is 68.7 Å². The van der Waals surface area contributed by atoms with Crippen LogP contribution in [0.1, 0.15) is 56.2 Å². The fourth-order valence-corrected chi connectivity index (χ4v) is 5.48. The van der Waals surface area contributed by atoms with Crippen molar-refractivity contribution in [3.05, 3.63) is 108 Å². The molecule has 1 fully saturated rings. The van der Waals surface area contributed by atoms with Crippen molar-refractivity contribution in [3.63, 3.8) is 0 Å². The molecule has 8 heteroatoms. The zero-order valence-corrected chi connectivity index (χ0v) is 25.8. The average Bonchev–Trinajstić information content (AvgIpc) is 3.02. The summed E-state index contributed by atoms with van der Waals surface area (Å²) in [5, 5.41) is 4.85. The molecule has 0 spiro atoms. The van der Waals surface area contributed by atoms with Gasteiger partial charge in [0.25, 0.3) is 0 Å². The largest absolute Gasteiger partial charge is 0.494 e. The van der Waals surface area contributed by atoms with Crippen LogP contribution in [0.25, 0.3) is 10.9 Å². The number of amides is 1. The third-order valence-corrected chi connectivity index (χ3v) is 7.73. The Morgan fingerprint density at radius 3 is 2.64 bits per heavy atom. The van der Waals surface area contributed by atoms with Crippen molar-refractivity contribution < 1.29 is 23.4 Å². The molecule has 1 amide bonds. The summed E-state index contributed by atoms with van der Waals surface area (Å²) in [6, 6.07) is 25.3.